The average molecular weight is 278 g/mol. The fraction of sp³-hybridized carbons (Fsp3) is 0.462. The van der Waals surface area contributed by atoms with Crippen molar-refractivity contribution in [3.8, 4) is 0 Å². The molecule has 1 amide bonds. The zero-order valence-electron chi connectivity index (χ0n) is 11.3. The van der Waals surface area contributed by atoms with E-state index < -0.39 is 10.8 Å². The molecule has 20 heavy (non-hydrogen) atoms. The predicted octanol–water partition coefficient (Wildman–Crippen LogP) is 0.859. The van der Waals surface area contributed by atoms with E-state index in [4.69, 9.17) is 5.73 Å². The van der Waals surface area contributed by atoms with Crippen molar-refractivity contribution in [2.45, 2.75) is 6.42 Å². The average Bonchev–Trinajstić information content (AvgIpc) is 2.81. The van der Waals surface area contributed by atoms with Gasteiger partial charge in [-0.2, -0.15) is 0 Å². The van der Waals surface area contributed by atoms with Gasteiger partial charge in [0.2, 0.25) is 0 Å². The first kappa shape index (κ1) is 14.3. The van der Waals surface area contributed by atoms with Crippen LogP contribution in [-0.2, 0) is 0 Å². The first-order valence-corrected chi connectivity index (χ1v) is 6.48. The van der Waals surface area contributed by atoms with Crippen LogP contribution in [0.5, 0.6) is 0 Å². The minimum absolute atomic E-state index is 0.0151. The van der Waals surface area contributed by atoms with Gasteiger partial charge in [-0.3, -0.25) is 14.9 Å². The third-order valence-electron chi connectivity index (χ3n) is 3.50. The third-order valence-corrected chi connectivity index (χ3v) is 3.50. The Balaban J connectivity index is 2.05. The number of amides is 1. The molecular weight excluding hydrogens is 260 g/mol. The van der Waals surface area contributed by atoms with Gasteiger partial charge in [-0.1, -0.05) is 0 Å². The zero-order valence-corrected chi connectivity index (χ0v) is 11.3. The van der Waals surface area contributed by atoms with Crippen LogP contribution in [0.15, 0.2) is 18.2 Å². The van der Waals surface area contributed by atoms with Crippen molar-refractivity contribution < 1.29 is 9.72 Å². The summed E-state index contributed by atoms with van der Waals surface area (Å²) in [6.45, 7) is 2.47. The molecule has 2 rings (SSSR count). The van der Waals surface area contributed by atoms with Crippen LogP contribution in [0.1, 0.15) is 16.8 Å². The molecule has 0 aliphatic carbocycles. The lowest BCUT2D eigenvalue weighted by Crippen LogP contribution is -2.31. The molecule has 1 saturated heterocycles. The normalized spacial score (nSPS) is 18.9. The number of carbonyl (C=O) groups is 1. The van der Waals surface area contributed by atoms with Gasteiger partial charge in [-0.05, 0) is 38.1 Å². The fourth-order valence-electron chi connectivity index (χ4n) is 2.42. The van der Waals surface area contributed by atoms with Gasteiger partial charge >= 0.3 is 0 Å². The van der Waals surface area contributed by atoms with E-state index in [0.29, 0.717) is 18.2 Å². The largest absolute Gasteiger partial charge is 0.399 e. The van der Waals surface area contributed by atoms with Crippen LogP contribution >= 0.6 is 0 Å². The Morgan fingerprint density at radius 3 is 2.95 bits per heavy atom. The quantitative estimate of drug-likeness (QED) is 0.483. The minimum atomic E-state index is -0.572. The van der Waals surface area contributed by atoms with E-state index >= 15 is 0 Å². The van der Waals surface area contributed by atoms with Gasteiger partial charge in [0.1, 0.15) is 5.56 Å². The molecular formula is C13H18N4O3. The standard InChI is InChI=1S/C13H18N4O3/c1-16-5-4-9(8-16)7-15-13(18)11-6-10(14)2-3-12(11)17(19)20/h2-3,6,9H,4-5,7-8,14H2,1H3,(H,15,18). The van der Waals surface area contributed by atoms with E-state index in [1.54, 1.807) is 0 Å². The number of hydrogen-bond acceptors (Lipinski definition) is 5. The first-order valence-electron chi connectivity index (χ1n) is 6.48. The number of carbonyl (C=O) groups excluding carboxylic acids is 1. The molecule has 0 saturated carbocycles. The molecule has 1 aromatic carbocycles. The molecule has 3 N–H and O–H groups in total. The number of hydrogen-bond donors (Lipinski definition) is 2. The smallest absolute Gasteiger partial charge is 0.282 e. The lowest BCUT2D eigenvalue weighted by molar-refractivity contribution is -0.385. The van der Waals surface area contributed by atoms with Crippen molar-refractivity contribution in [3.63, 3.8) is 0 Å². The molecule has 1 aromatic rings. The van der Waals surface area contributed by atoms with E-state index in [-0.39, 0.29) is 11.3 Å². The van der Waals surface area contributed by atoms with Gasteiger partial charge in [0.15, 0.2) is 0 Å². The van der Waals surface area contributed by atoms with Crippen LogP contribution in [0.25, 0.3) is 0 Å². The van der Waals surface area contributed by atoms with Gasteiger partial charge in [-0.15, -0.1) is 0 Å². The van der Waals surface area contributed by atoms with Gasteiger partial charge in [0, 0.05) is 24.8 Å². The Bertz CT molecular complexity index is 532. The summed E-state index contributed by atoms with van der Waals surface area (Å²) in [7, 11) is 2.03. The Morgan fingerprint density at radius 2 is 2.35 bits per heavy atom. The maximum atomic E-state index is 12.1. The van der Waals surface area contributed by atoms with Crippen LogP contribution in [-0.4, -0.2) is 42.4 Å². The Hall–Kier alpha value is -2.15. The molecule has 1 atom stereocenters. The lowest BCUT2D eigenvalue weighted by atomic mass is 10.1. The van der Waals surface area contributed by atoms with Gasteiger partial charge in [0.05, 0.1) is 4.92 Å². The molecule has 1 aliphatic rings. The molecule has 0 radical (unpaired) electrons. The molecule has 1 fully saturated rings. The van der Waals surface area contributed by atoms with Gasteiger partial charge < -0.3 is 16.0 Å². The minimum Gasteiger partial charge on any atom is -0.399 e. The molecule has 1 unspecified atom stereocenters. The molecule has 0 spiro atoms. The molecule has 7 nitrogen and oxygen atoms in total. The maximum absolute atomic E-state index is 12.1. The molecule has 108 valence electrons. The molecule has 0 bridgehead atoms. The Morgan fingerprint density at radius 1 is 1.60 bits per heavy atom. The van der Waals surface area contributed by atoms with Crippen molar-refractivity contribution in [2.24, 2.45) is 5.92 Å². The third kappa shape index (κ3) is 3.24. The van der Waals surface area contributed by atoms with E-state index in [1.807, 2.05) is 7.05 Å². The monoisotopic (exact) mass is 278 g/mol. The summed E-state index contributed by atoms with van der Waals surface area (Å²) in [6.07, 6.45) is 1.02. The summed E-state index contributed by atoms with van der Waals surface area (Å²) in [5.74, 6) is -0.0531. The SMILES string of the molecule is CN1CCC(CNC(=O)c2cc(N)ccc2[N+](=O)[O-])C1. The van der Waals surface area contributed by atoms with Crippen molar-refractivity contribution in [2.75, 3.05) is 32.4 Å². The second-order valence-corrected chi connectivity index (χ2v) is 5.16. The summed E-state index contributed by atoms with van der Waals surface area (Å²) in [5.41, 5.74) is 5.72. The highest BCUT2D eigenvalue weighted by Gasteiger charge is 2.23. The Labute approximate surface area is 116 Å². The topological polar surface area (TPSA) is 102 Å². The molecule has 7 heteroatoms. The molecule has 1 heterocycles. The summed E-state index contributed by atoms with van der Waals surface area (Å²) in [6, 6.07) is 4.02. The van der Waals surface area contributed by atoms with Crippen LogP contribution in [0.2, 0.25) is 0 Å². The maximum Gasteiger partial charge on any atom is 0.282 e. The number of nitrogens with zero attached hydrogens (tertiary/aromatic N) is 2. The number of rotatable bonds is 4. The van der Waals surface area contributed by atoms with Crippen molar-refractivity contribution in [1.82, 2.24) is 10.2 Å². The first-order chi connectivity index (χ1) is 9.47. The number of nitrogens with one attached hydrogen (secondary N) is 1. The summed E-state index contributed by atoms with van der Waals surface area (Å²) < 4.78 is 0. The van der Waals surface area contributed by atoms with E-state index in [2.05, 4.69) is 10.2 Å². The van der Waals surface area contributed by atoms with Crippen LogP contribution < -0.4 is 11.1 Å². The highest BCUT2D eigenvalue weighted by Crippen LogP contribution is 2.21. The highest BCUT2D eigenvalue weighted by molar-refractivity contribution is 5.99. The summed E-state index contributed by atoms with van der Waals surface area (Å²) in [4.78, 5) is 24.6. The second kappa shape index (κ2) is 5.87. The van der Waals surface area contributed by atoms with Crippen LogP contribution in [0, 0.1) is 16.0 Å². The number of nitro benzene ring substituents is 1. The zero-order chi connectivity index (χ0) is 14.7. The predicted molar refractivity (Wildman–Crippen MR) is 75.4 cm³/mol. The number of nitrogens with two attached hydrogens (primary N) is 1. The molecule has 1 aliphatic heterocycles. The van der Waals surface area contributed by atoms with Crippen LogP contribution in [0.4, 0.5) is 11.4 Å². The van der Waals surface area contributed by atoms with E-state index in [0.717, 1.165) is 19.5 Å². The lowest BCUT2D eigenvalue weighted by Gasteiger charge is -2.12. The van der Waals surface area contributed by atoms with Crippen LogP contribution in [0.3, 0.4) is 0 Å². The highest BCUT2D eigenvalue weighted by atomic mass is 16.6. The van der Waals surface area contributed by atoms with Gasteiger partial charge in [0.25, 0.3) is 11.6 Å². The van der Waals surface area contributed by atoms with E-state index in [9.17, 15) is 14.9 Å². The fourth-order valence-corrected chi connectivity index (χ4v) is 2.42. The number of benzene rings is 1. The van der Waals surface area contributed by atoms with Gasteiger partial charge in [-0.25, -0.2) is 0 Å². The Kier molecular flexibility index (Phi) is 4.19. The number of nitrogen functional groups attached to an aromatic ring is 1. The van der Waals surface area contributed by atoms with Crippen molar-refractivity contribution >= 4 is 17.3 Å². The molecule has 0 aromatic heterocycles. The second-order valence-electron chi connectivity index (χ2n) is 5.16. The summed E-state index contributed by atoms with van der Waals surface area (Å²) in [5, 5.41) is 13.7. The summed E-state index contributed by atoms with van der Waals surface area (Å²) >= 11 is 0. The number of anilines is 1. The number of likely N-dealkylation sites (tertiary alicyclic amines) is 1. The van der Waals surface area contributed by atoms with Crippen molar-refractivity contribution in [1.29, 1.82) is 0 Å². The van der Waals surface area contributed by atoms with Crippen molar-refractivity contribution in [3.05, 3.63) is 33.9 Å². The van der Waals surface area contributed by atoms with E-state index in [1.165, 1.54) is 18.2 Å². The number of nitro groups is 1.